The number of carbonyl (C=O) groups is 1. The number of carbonyl (C=O) groups excluding carboxylic acids is 1. The van der Waals surface area contributed by atoms with E-state index in [0.717, 1.165) is 32.8 Å². The smallest absolute Gasteiger partial charge is 0.249 e. The van der Waals surface area contributed by atoms with Crippen molar-refractivity contribution in [2.24, 2.45) is 5.73 Å². The van der Waals surface area contributed by atoms with Crippen LogP contribution in [0.25, 0.3) is 21.8 Å². The minimum Gasteiger partial charge on any atom is -0.366 e. The normalized spacial score (nSPS) is 11.2. The first-order chi connectivity index (χ1) is 11.6. The summed E-state index contributed by atoms with van der Waals surface area (Å²) in [6.45, 7) is 0.736. The van der Waals surface area contributed by atoms with Crippen molar-refractivity contribution < 1.29 is 4.79 Å². The average Bonchev–Trinajstić information content (AvgIpc) is 2.91. The average molecular weight is 379 g/mol. The van der Waals surface area contributed by atoms with Gasteiger partial charge in [0.25, 0.3) is 0 Å². The summed E-state index contributed by atoms with van der Waals surface area (Å²) in [5.74, 6) is -0.396. The van der Waals surface area contributed by atoms with Gasteiger partial charge in [-0.15, -0.1) is 0 Å². The molecule has 3 nitrogen and oxygen atoms in total. The van der Waals surface area contributed by atoms with E-state index in [4.69, 9.17) is 5.73 Å². The maximum Gasteiger partial charge on any atom is 0.249 e. The number of aromatic nitrogens is 1. The van der Waals surface area contributed by atoms with Gasteiger partial charge in [0.15, 0.2) is 0 Å². The largest absolute Gasteiger partial charge is 0.366 e. The Bertz CT molecular complexity index is 1060. The van der Waals surface area contributed by atoms with E-state index in [1.807, 2.05) is 42.5 Å². The summed E-state index contributed by atoms with van der Waals surface area (Å²) in [4.78, 5) is 11.9. The first-order valence-corrected chi connectivity index (χ1v) is 8.48. The first-order valence-electron chi connectivity index (χ1n) is 7.69. The Kier molecular flexibility index (Phi) is 3.62. The van der Waals surface area contributed by atoms with E-state index in [0.29, 0.717) is 5.56 Å². The van der Waals surface area contributed by atoms with Crippen LogP contribution in [-0.2, 0) is 6.54 Å². The van der Waals surface area contributed by atoms with Gasteiger partial charge < -0.3 is 10.3 Å². The van der Waals surface area contributed by atoms with Gasteiger partial charge in [-0.3, -0.25) is 4.79 Å². The number of rotatable bonds is 3. The van der Waals surface area contributed by atoms with E-state index in [-0.39, 0.29) is 0 Å². The minimum absolute atomic E-state index is 0.396. The molecule has 0 atom stereocenters. The maximum absolute atomic E-state index is 11.9. The molecule has 0 radical (unpaired) electrons. The summed E-state index contributed by atoms with van der Waals surface area (Å²) in [5, 5.41) is 1.98. The third kappa shape index (κ3) is 2.39. The van der Waals surface area contributed by atoms with Gasteiger partial charge in [-0.2, -0.15) is 0 Å². The van der Waals surface area contributed by atoms with E-state index >= 15 is 0 Å². The fraction of sp³-hybridized carbons (Fsp3) is 0.0500. The maximum atomic E-state index is 11.9. The lowest BCUT2D eigenvalue weighted by molar-refractivity contribution is 0.100. The van der Waals surface area contributed by atoms with Gasteiger partial charge in [-0.1, -0.05) is 52.3 Å². The quantitative estimate of drug-likeness (QED) is 0.551. The number of halogens is 1. The molecule has 4 heteroatoms. The highest BCUT2D eigenvalue weighted by Crippen LogP contribution is 2.32. The van der Waals surface area contributed by atoms with Crippen molar-refractivity contribution in [2.45, 2.75) is 6.54 Å². The molecule has 0 unspecified atom stereocenters. The van der Waals surface area contributed by atoms with Gasteiger partial charge in [0.2, 0.25) is 5.91 Å². The van der Waals surface area contributed by atoms with Crippen molar-refractivity contribution in [3.8, 4) is 0 Å². The van der Waals surface area contributed by atoms with E-state index < -0.39 is 5.91 Å². The summed E-state index contributed by atoms with van der Waals surface area (Å²) in [5.41, 5.74) is 9.49. The zero-order valence-corrected chi connectivity index (χ0v) is 14.5. The van der Waals surface area contributed by atoms with Gasteiger partial charge in [-0.05, 0) is 35.9 Å². The molecular formula is C20H15BrN2O. The van der Waals surface area contributed by atoms with Gasteiger partial charge in [0, 0.05) is 32.9 Å². The second-order valence-electron chi connectivity index (χ2n) is 5.79. The van der Waals surface area contributed by atoms with Crippen LogP contribution >= 0.6 is 15.9 Å². The van der Waals surface area contributed by atoms with E-state index in [2.05, 4.69) is 38.7 Å². The molecule has 0 aliphatic carbocycles. The predicted molar refractivity (Wildman–Crippen MR) is 101 cm³/mol. The molecule has 1 amide bonds. The topological polar surface area (TPSA) is 48.0 Å². The second kappa shape index (κ2) is 5.80. The number of amides is 1. The number of primary amides is 1. The number of para-hydroxylation sites is 1. The zero-order chi connectivity index (χ0) is 16.7. The highest BCUT2D eigenvalue weighted by atomic mass is 79.9. The Morgan fingerprint density at radius 1 is 0.917 bits per heavy atom. The van der Waals surface area contributed by atoms with Crippen LogP contribution in [0, 0.1) is 0 Å². The highest BCUT2D eigenvalue weighted by Gasteiger charge is 2.15. The molecular weight excluding hydrogens is 364 g/mol. The van der Waals surface area contributed by atoms with E-state index in [9.17, 15) is 4.79 Å². The molecule has 118 valence electrons. The molecule has 1 aromatic heterocycles. The lowest BCUT2D eigenvalue weighted by atomic mass is 10.1. The molecule has 0 saturated heterocycles. The van der Waals surface area contributed by atoms with E-state index in [1.165, 1.54) is 5.56 Å². The SMILES string of the molecule is NC(=O)c1cccc2c1c1ccccc1n2Cc1ccc(Br)cc1. The third-order valence-electron chi connectivity index (χ3n) is 4.32. The van der Waals surface area contributed by atoms with Crippen LogP contribution in [-0.4, -0.2) is 10.5 Å². The molecule has 0 aliphatic rings. The first kappa shape index (κ1) is 15.0. The molecule has 2 N–H and O–H groups in total. The van der Waals surface area contributed by atoms with Crippen LogP contribution in [0.15, 0.2) is 71.2 Å². The van der Waals surface area contributed by atoms with Crippen molar-refractivity contribution in [1.29, 1.82) is 0 Å². The number of benzene rings is 3. The van der Waals surface area contributed by atoms with Crippen molar-refractivity contribution in [3.63, 3.8) is 0 Å². The van der Waals surface area contributed by atoms with Crippen LogP contribution in [0.4, 0.5) is 0 Å². The van der Waals surface area contributed by atoms with Crippen LogP contribution in [0.3, 0.4) is 0 Å². The number of hydrogen-bond acceptors (Lipinski definition) is 1. The van der Waals surface area contributed by atoms with Crippen molar-refractivity contribution in [1.82, 2.24) is 4.57 Å². The number of hydrogen-bond donors (Lipinski definition) is 1. The predicted octanol–water partition coefficient (Wildman–Crippen LogP) is 4.70. The van der Waals surface area contributed by atoms with Crippen LogP contribution in [0.1, 0.15) is 15.9 Å². The monoisotopic (exact) mass is 378 g/mol. The summed E-state index contributed by atoms with van der Waals surface area (Å²) < 4.78 is 3.30. The number of nitrogens with zero attached hydrogens (tertiary/aromatic N) is 1. The van der Waals surface area contributed by atoms with Gasteiger partial charge in [0.1, 0.15) is 0 Å². The summed E-state index contributed by atoms with van der Waals surface area (Å²) in [6, 6.07) is 22.1. The molecule has 0 bridgehead atoms. The van der Waals surface area contributed by atoms with Crippen LogP contribution in [0.5, 0.6) is 0 Å². The Morgan fingerprint density at radius 3 is 2.38 bits per heavy atom. The van der Waals surface area contributed by atoms with Gasteiger partial charge in [0.05, 0.1) is 5.52 Å². The third-order valence-corrected chi connectivity index (χ3v) is 4.85. The molecule has 0 fully saturated rings. The summed E-state index contributed by atoms with van der Waals surface area (Å²) in [6.07, 6.45) is 0. The molecule has 1 heterocycles. The fourth-order valence-electron chi connectivity index (χ4n) is 3.25. The molecule has 0 aliphatic heterocycles. The molecule has 0 spiro atoms. The van der Waals surface area contributed by atoms with Gasteiger partial charge >= 0.3 is 0 Å². The Balaban J connectivity index is 2.01. The highest BCUT2D eigenvalue weighted by molar-refractivity contribution is 9.10. The lowest BCUT2D eigenvalue weighted by Gasteiger charge is -2.08. The van der Waals surface area contributed by atoms with Crippen molar-refractivity contribution >= 4 is 43.6 Å². The summed E-state index contributed by atoms with van der Waals surface area (Å²) >= 11 is 3.47. The lowest BCUT2D eigenvalue weighted by Crippen LogP contribution is -2.11. The molecule has 24 heavy (non-hydrogen) atoms. The minimum atomic E-state index is -0.396. The number of fused-ring (bicyclic) bond motifs is 3. The Hall–Kier alpha value is -2.59. The summed E-state index contributed by atoms with van der Waals surface area (Å²) in [7, 11) is 0. The van der Waals surface area contributed by atoms with E-state index in [1.54, 1.807) is 6.07 Å². The molecule has 3 aromatic carbocycles. The second-order valence-corrected chi connectivity index (χ2v) is 6.71. The zero-order valence-electron chi connectivity index (χ0n) is 12.9. The molecule has 4 rings (SSSR count). The molecule has 4 aromatic rings. The van der Waals surface area contributed by atoms with Crippen molar-refractivity contribution in [2.75, 3.05) is 0 Å². The van der Waals surface area contributed by atoms with Gasteiger partial charge in [-0.25, -0.2) is 0 Å². The Morgan fingerprint density at radius 2 is 1.62 bits per heavy atom. The number of nitrogens with two attached hydrogens (primary N) is 1. The molecule has 0 saturated carbocycles. The Labute approximate surface area is 147 Å². The fourth-order valence-corrected chi connectivity index (χ4v) is 3.51. The van der Waals surface area contributed by atoms with Crippen molar-refractivity contribution in [3.05, 3.63) is 82.3 Å². The van der Waals surface area contributed by atoms with Crippen LogP contribution < -0.4 is 5.73 Å². The standard InChI is InChI=1S/C20H15BrN2O/c21-14-10-8-13(9-11-14)12-23-17-6-2-1-4-15(17)19-16(20(22)24)5-3-7-18(19)23/h1-11H,12H2,(H2,22,24). The van der Waals surface area contributed by atoms with Crippen LogP contribution in [0.2, 0.25) is 0 Å².